The van der Waals surface area contributed by atoms with Gasteiger partial charge in [0.15, 0.2) is 17.3 Å². The molecule has 0 aliphatic carbocycles. The first-order chi connectivity index (χ1) is 12.2. The number of aryl methyl sites for hydroxylation is 1. The van der Waals surface area contributed by atoms with Crippen LogP contribution in [0.2, 0.25) is 0 Å². The third-order valence-corrected chi connectivity index (χ3v) is 3.84. The fourth-order valence-corrected chi connectivity index (χ4v) is 2.60. The quantitative estimate of drug-likeness (QED) is 0.786. The summed E-state index contributed by atoms with van der Waals surface area (Å²) in [7, 11) is 0. The van der Waals surface area contributed by atoms with E-state index in [1.165, 1.54) is 0 Å². The van der Waals surface area contributed by atoms with E-state index in [4.69, 9.17) is 9.47 Å². The van der Waals surface area contributed by atoms with Gasteiger partial charge < -0.3 is 14.8 Å². The Morgan fingerprint density at radius 3 is 2.96 bits per heavy atom. The van der Waals surface area contributed by atoms with Gasteiger partial charge in [0.05, 0.1) is 0 Å². The Morgan fingerprint density at radius 1 is 1.20 bits per heavy atom. The second-order valence-corrected chi connectivity index (χ2v) is 5.42. The summed E-state index contributed by atoms with van der Waals surface area (Å²) in [6.07, 6.45) is 0. The molecule has 1 amide bonds. The predicted molar refractivity (Wildman–Crippen MR) is 89.4 cm³/mol. The zero-order valence-corrected chi connectivity index (χ0v) is 13.5. The number of carbonyl (C=O) groups excluding carboxylic acids is 1. The van der Waals surface area contributed by atoms with Crippen LogP contribution in [0.15, 0.2) is 42.5 Å². The monoisotopic (exact) mass is 337 g/mol. The first-order valence-corrected chi connectivity index (χ1v) is 7.82. The molecular weight excluding hydrogens is 322 g/mol. The average molecular weight is 337 g/mol. The molecule has 2 heterocycles. The van der Waals surface area contributed by atoms with E-state index in [-0.39, 0.29) is 12.7 Å². The summed E-state index contributed by atoms with van der Waals surface area (Å²) in [5.74, 6) is 1.69. The number of aromatic nitrogens is 4. The second-order valence-electron chi connectivity index (χ2n) is 5.42. The lowest BCUT2D eigenvalue weighted by molar-refractivity contribution is 0.102. The number of hydrogen-bond donors (Lipinski definition) is 1. The van der Waals surface area contributed by atoms with Crippen LogP contribution >= 0.6 is 0 Å². The van der Waals surface area contributed by atoms with Gasteiger partial charge in [-0.2, -0.15) is 0 Å². The van der Waals surface area contributed by atoms with Crippen molar-refractivity contribution in [3.63, 3.8) is 0 Å². The number of amides is 1. The van der Waals surface area contributed by atoms with E-state index in [1.54, 1.807) is 41.1 Å². The first kappa shape index (κ1) is 15.1. The minimum absolute atomic E-state index is 0.195. The largest absolute Gasteiger partial charge is 0.454 e. The lowest BCUT2D eigenvalue weighted by atomic mass is 10.1. The Bertz CT molecular complexity index is 938. The molecule has 2 aromatic carbocycles. The van der Waals surface area contributed by atoms with Gasteiger partial charge in [-0.05, 0) is 41.6 Å². The van der Waals surface area contributed by atoms with E-state index in [0.29, 0.717) is 35.1 Å². The van der Waals surface area contributed by atoms with Gasteiger partial charge >= 0.3 is 0 Å². The van der Waals surface area contributed by atoms with Crippen molar-refractivity contribution in [3.8, 4) is 22.9 Å². The number of benzene rings is 2. The maximum Gasteiger partial charge on any atom is 0.255 e. The number of carbonyl (C=O) groups is 1. The van der Waals surface area contributed by atoms with Crippen LogP contribution in [0, 0.1) is 0 Å². The van der Waals surface area contributed by atoms with Gasteiger partial charge in [0.25, 0.3) is 5.91 Å². The maximum atomic E-state index is 12.5. The van der Waals surface area contributed by atoms with Crippen LogP contribution in [0.5, 0.6) is 11.5 Å². The first-order valence-electron chi connectivity index (χ1n) is 7.82. The van der Waals surface area contributed by atoms with Gasteiger partial charge in [0.2, 0.25) is 6.79 Å². The SMILES string of the molecule is CCn1nnnc1-c1cccc(C(=O)Nc2ccc3c(c2)OCO3)c1. The molecule has 1 aliphatic rings. The summed E-state index contributed by atoms with van der Waals surface area (Å²) in [4.78, 5) is 12.5. The van der Waals surface area contributed by atoms with Gasteiger partial charge in [-0.1, -0.05) is 12.1 Å². The Kier molecular flexibility index (Phi) is 3.77. The minimum atomic E-state index is -0.226. The molecular formula is C17H15N5O3. The normalized spacial score (nSPS) is 12.2. The smallest absolute Gasteiger partial charge is 0.255 e. The summed E-state index contributed by atoms with van der Waals surface area (Å²) in [5, 5.41) is 14.5. The van der Waals surface area contributed by atoms with Crippen LogP contribution in [0.3, 0.4) is 0 Å². The van der Waals surface area contributed by atoms with Crippen LogP contribution in [0.4, 0.5) is 5.69 Å². The van der Waals surface area contributed by atoms with E-state index in [0.717, 1.165) is 5.56 Å². The number of ether oxygens (including phenoxy) is 2. The number of hydrogen-bond acceptors (Lipinski definition) is 6. The number of nitrogens with zero attached hydrogens (tertiary/aromatic N) is 4. The molecule has 1 N–H and O–H groups in total. The lowest BCUT2D eigenvalue weighted by Gasteiger charge is -2.08. The highest BCUT2D eigenvalue weighted by atomic mass is 16.7. The summed E-state index contributed by atoms with van der Waals surface area (Å²) in [5.41, 5.74) is 1.93. The van der Waals surface area contributed by atoms with Crippen LogP contribution in [0.25, 0.3) is 11.4 Å². The molecule has 0 fully saturated rings. The average Bonchev–Trinajstić information content (AvgIpc) is 3.30. The van der Waals surface area contributed by atoms with E-state index in [2.05, 4.69) is 20.8 Å². The molecule has 8 nitrogen and oxygen atoms in total. The minimum Gasteiger partial charge on any atom is -0.454 e. The number of nitrogens with one attached hydrogen (secondary N) is 1. The molecule has 0 saturated carbocycles. The van der Waals surface area contributed by atoms with Gasteiger partial charge in [0, 0.05) is 29.4 Å². The van der Waals surface area contributed by atoms with Crippen molar-refractivity contribution < 1.29 is 14.3 Å². The third-order valence-electron chi connectivity index (χ3n) is 3.84. The highest BCUT2D eigenvalue weighted by Crippen LogP contribution is 2.34. The molecule has 0 unspecified atom stereocenters. The van der Waals surface area contributed by atoms with Crippen LogP contribution < -0.4 is 14.8 Å². The van der Waals surface area contributed by atoms with E-state index < -0.39 is 0 Å². The van der Waals surface area contributed by atoms with Crippen molar-refractivity contribution in [2.45, 2.75) is 13.5 Å². The molecule has 0 atom stereocenters. The molecule has 126 valence electrons. The summed E-state index contributed by atoms with van der Waals surface area (Å²) in [6.45, 7) is 2.80. The van der Waals surface area contributed by atoms with Crippen LogP contribution in [-0.4, -0.2) is 32.9 Å². The molecule has 1 aromatic heterocycles. The van der Waals surface area contributed by atoms with Crippen molar-refractivity contribution >= 4 is 11.6 Å². The summed E-state index contributed by atoms with van der Waals surface area (Å²) in [6, 6.07) is 12.5. The maximum absolute atomic E-state index is 12.5. The highest BCUT2D eigenvalue weighted by Gasteiger charge is 2.15. The van der Waals surface area contributed by atoms with Crippen LogP contribution in [-0.2, 0) is 6.54 Å². The van der Waals surface area contributed by atoms with Crippen LogP contribution in [0.1, 0.15) is 17.3 Å². The fraction of sp³-hybridized carbons (Fsp3) is 0.176. The second kappa shape index (κ2) is 6.23. The fourth-order valence-electron chi connectivity index (χ4n) is 2.60. The Hall–Kier alpha value is -3.42. The topological polar surface area (TPSA) is 91.2 Å². The van der Waals surface area contributed by atoms with Crippen molar-refractivity contribution in [1.29, 1.82) is 0 Å². The summed E-state index contributed by atoms with van der Waals surface area (Å²) >= 11 is 0. The van der Waals surface area contributed by atoms with Gasteiger partial charge in [-0.25, -0.2) is 4.68 Å². The van der Waals surface area contributed by atoms with Crippen molar-refractivity contribution in [1.82, 2.24) is 20.2 Å². The number of tetrazole rings is 1. The number of fused-ring (bicyclic) bond motifs is 1. The molecule has 25 heavy (non-hydrogen) atoms. The van der Waals surface area contributed by atoms with E-state index in [9.17, 15) is 4.79 Å². The van der Waals surface area contributed by atoms with Crippen molar-refractivity contribution in [2.24, 2.45) is 0 Å². The molecule has 0 radical (unpaired) electrons. The van der Waals surface area contributed by atoms with E-state index >= 15 is 0 Å². The molecule has 3 aromatic rings. The third kappa shape index (κ3) is 2.89. The molecule has 0 saturated heterocycles. The molecule has 0 spiro atoms. The van der Waals surface area contributed by atoms with Gasteiger partial charge in [-0.3, -0.25) is 4.79 Å². The molecule has 1 aliphatic heterocycles. The molecule has 0 bridgehead atoms. The Balaban J connectivity index is 1.57. The summed E-state index contributed by atoms with van der Waals surface area (Å²) < 4.78 is 12.3. The zero-order chi connectivity index (χ0) is 17.2. The number of rotatable bonds is 4. The highest BCUT2D eigenvalue weighted by molar-refractivity contribution is 6.05. The predicted octanol–water partition coefficient (Wildman–Crippen LogP) is 2.34. The standard InChI is InChI=1S/C17H15N5O3/c1-2-22-16(19-20-21-22)11-4-3-5-12(8-11)17(23)18-13-6-7-14-15(9-13)25-10-24-14/h3-9H,2,10H2,1H3,(H,18,23). The molecule has 4 rings (SSSR count). The van der Waals surface area contributed by atoms with Gasteiger partial charge in [-0.15, -0.1) is 5.10 Å². The lowest BCUT2D eigenvalue weighted by Crippen LogP contribution is -2.12. The van der Waals surface area contributed by atoms with E-state index in [1.807, 2.05) is 13.0 Å². The van der Waals surface area contributed by atoms with Gasteiger partial charge in [0.1, 0.15) is 0 Å². The Labute approximate surface area is 143 Å². The zero-order valence-electron chi connectivity index (χ0n) is 13.5. The van der Waals surface area contributed by atoms with Crippen molar-refractivity contribution in [2.75, 3.05) is 12.1 Å². The van der Waals surface area contributed by atoms with Crippen molar-refractivity contribution in [3.05, 3.63) is 48.0 Å². The number of anilines is 1. The molecule has 8 heteroatoms. The Morgan fingerprint density at radius 2 is 2.08 bits per heavy atom.